The van der Waals surface area contributed by atoms with Crippen LogP contribution in [0.25, 0.3) is 10.9 Å². The lowest BCUT2D eigenvalue weighted by molar-refractivity contribution is -0.121. The average Bonchev–Trinajstić information content (AvgIpc) is 2.82. The average molecular weight is 473 g/mol. The van der Waals surface area contributed by atoms with Gasteiger partial charge in [-0.1, -0.05) is 11.6 Å². The molecule has 3 rings (SSSR count). The maximum atomic E-state index is 12.8. The van der Waals surface area contributed by atoms with Crippen molar-refractivity contribution >= 4 is 34.3 Å². The third-order valence-electron chi connectivity index (χ3n) is 4.97. The Hall–Kier alpha value is -3.59. The minimum Gasteiger partial charge on any atom is -0.493 e. The highest BCUT2D eigenvalue weighted by molar-refractivity contribution is 6.30. The number of fused-ring (bicyclic) bond motifs is 1. The van der Waals surface area contributed by atoms with E-state index < -0.39 is 0 Å². The summed E-state index contributed by atoms with van der Waals surface area (Å²) < 4.78 is 12.0. The normalized spacial score (nSPS) is 10.6. The first-order valence-electron chi connectivity index (χ1n) is 10.3. The second-order valence-electron chi connectivity index (χ2n) is 7.18. The minimum atomic E-state index is -0.238. The van der Waals surface area contributed by atoms with Crippen LogP contribution in [-0.4, -0.2) is 48.7 Å². The molecule has 3 aromatic rings. The van der Waals surface area contributed by atoms with Crippen LogP contribution in [0.5, 0.6) is 11.5 Å². The van der Waals surface area contributed by atoms with E-state index in [9.17, 15) is 14.4 Å². The zero-order valence-corrected chi connectivity index (χ0v) is 19.1. The molecule has 2 amide bonds. The second kappa shape index (κ2) is 11.3. The number of nitrogens with one attached hydrogen (secondary N) is 2. The largest absolute Gasteiger partial charge is 0.493 e. The Labute approximate surface area is 195 Å². The Kier molecular flexibility index (Phi) is 8.26. The molecule has 0 fully saturated rings. The number of nitrogens with zero attached hydrogens (tertiary/aromatic N) is 2. The van der Waals surface area contributed by atoms with Gasteiger partial charge in [-0.3, -0.25) is 19.0 Å². The predicted octanol–water partition coefficient (Wildman–Crippen LogP) is 2.39. The van der Waals surface area contributed by atoms with Crippen molar-refractivity contribution in [2.75, 3.05) is 27.3 Å². The van der Waals surface area contributed by atoms with Gasteiger partial charge in [0.1, 0.15) is 0 Å². The molecule has 10 heteroatoms. The number of aromatic nitrogens is 2. The molecule has 0 atom stereocenters. The quantitative estimate of drug-likeness (QED) is 0.438. The van der Waals surface area contributed by atoms with Gasteiger partial charge in [0.2, 0.25) is 5.91 Å². The van der Waals surface area contributed by atoms with Gasteiger partial charge in [0.05, 0.1) is 31.4 Å². The lowest BCUT2D eigenvalue weighted by atomic mass is 10.2. The maximum Gasteiger partial charge on any atom is 0.261 e. The molecular formula is C23H25ClN4O5. The van der Waals surface area contributed by atoms with E-state index in [4.69, 9.17) is 21.1 Å². The standard InChI is InChI=1S/C23H25ClN4O5/c1-32-19-12-17-18(13-20(19)33-2)27-14-28(23(17)31)11-3-4-21(29)25-9-10-26-22(30)15-5-7-16(24)8-6-15/h5-8,12-14H,3-4,9-11H2,1-2H3,(H,25,29)(H,26,30). The number of aryl methyl sites for hydroxylation is 1. The highest BCUT2D eigenvalue weighted by atomic mass is 35.5. The predicted molar refractivity (Wildman–Crippen MR) is 125 cm³/mol. The number of carbonyl (C=O) groups excluding carboxylic acids is 2. The van der Waals surface area contributed by atoms with Gasteiger partial charge in [0.15, 0.2) is 11.5 Å². The molecule has 174 valence electrons. The van der Waals surface area contributed by atoms with Crippen molar-refractivity contribution in [3.63, 3.8) is 0 Å². The van der Waals surface area contributed by atoms with Gasteiger partial charge < -0.3 is 20.1 Å². The van der Waals surface area contributed by atoms with Crippen LogP contribution in [0.2, 0.25) is 5.02 Å². The Morgan fingerprint density at radius 1 is 1.03 bits per heavy atom. The summed E-state index contributed by atoms with van der Waals surface area (Å²) in [5.74, 6) is 0.544. The molecule has 0 unspecified atom stereocenters. The van der Waals surface area contributed by atoms with Gasteiger partial charge in [0.25, 0.3) is 11.5 Å². The van der Waals surface area contributed by atoms with E-state index in [2.05, 4.69) is 15.6 Å². The molecule has 1 aromatic heterocycles. The summed E-state index contributed by atoms with van der Waals surface area (Å²) in [5, 5.41) is 6.45. The number of carbonyl (C=O) groups is 2. The summed E-state index contributed by atoms with van der Waals surface area (Å²) in [6.07, 6.45) is 2.16. The van der Waals surface area contributed by atoms with Crippen molar-refractivity contribution < 1.29 is 19.1 Å². The summed E-state index contributed by atoms with van der Waals surface area (Å²) in [7, 11) is 3.02. The van der Waals surface area contributed by atoms with Crippen molar-refractivity contribution in [1.82, 2.24) is 20.2 Å². The van der Waals surface area contributed by atoms with Crippen molar-refractivity contribution in [3.8, 4) is 11.5 Å². The summed E-state index contributed by atoms with van der Waals surface area (Å²) >= 11 is 5.81. The van der Waals surface area contributed by atoms with E-state index >= 15 is 0 Å². The third-order valence-corrected chi connectivity index (χ3v) is 5.22. The number of hydrogen-bond donors (Lipinski definition) is 2. The lowest BCUT2D eigenvalue weighted by Gasteiger charge is -2.11. The molecule has 9 nitrogen and oxygen atoms in total. The fourth-order valence-electron chi connectivity index (χ4n) is 3.22. The SMILES string of the molecule is COc1cc2ncn(CCCC(=O)NCCNC(=O)c3ccc(Cl)cc3)c(=O)c2cc1OC. The van der Waals surface area contributed by atoms with Crippen molar-refractivity contribution in [3.05, 3.63) is 63.7 Å². The first-order chi connectivity index (χ1) is 15.9. The molecule has 0 saturated carbocycles. The van der Waals surface area contributed by atoms with Gasteiger partial charge in [0, 0.05) is 42.7 Å². The summed E-state index contributed by atoms with van der Waals surface area (Å²) in [6.45, 7) is 0.945. The molecule has 0 spiro atoms. The van der Waals surface area contributed by atoms with Crippen LogP contribution in [0.1, 0.15) is 23.2 Å². The number of amides is 2. The second-order valence-corrected chi connectivity index (χ2v) is 7.62. The van der Waals surface area contributed by atoms with Crippen LogP contribution in [0.3, 0.4) is 0 Å². The molecule has 0 aliphatic carbocycles. The number of hydrogen-bond acceptors (Lipinski definition) is 6. The Balaban J connectivity index is 1.45. The third kappa shape index (κ3) is 6.23. The molecule has 0 aliphatic rings. The van der Waals surface area contributed by atoms with E-state index in [-0.39, 0.29) is 23.8 Å². The minimum absolute atomic E-state index is 0.163. The summed E-state index contributed by atoms with van der Waals surface area (Å²) in [6, 6.07) is 9.80. The zero-order chi connectivity index (χ0) is 23.8. The molecule has 0 saturated heterocycles. The molecule has 0 radical (unpaired) electrons. The summed E-state index contributed by atoms with van der Waals surface area (Å²) in [4.78, 5) is 41.1. The first kappa shape index (κ1) is 24.1. The highest BCUT2D eigenvalue weighted by Gasteiger charge is 2.11. The molecule has 2 aromatic carbocycles. The van der Waals surface area contributed by atoms with E-state index in [0.29, 0.717) is 59.0 Å². The molecule has 0 bridgehead atoms. The number of rotatable bonds is 10. The monoisotopic (exact) mass is 472 g/mol. The first-order valence-corrected chi connectivity index (χ1v) is 10.7. The van der Waals surface area contributed by atoms with Crippen LogP contribution in [0, 0.1) is 0 Å². The lowest BCUT2D eigenvalue weighted by Crippen LogP contribution is -2.34. The van der Waals surface area contributed by atoms with Crippen LogP contribution >= 0.6 is 11.6 Å². The molecule has 1 heterocycles. The van der Waals surface area contributed by atoms with Crippen LogP contribution in [0.15, 0.2) is 47.5 Å². The van der Waals surface area contributed by atoms with E-state index in [0.717, 1.165) is 0 Å². The van der Waals surface area contributed by atoms with Crippen LogP contribution in [-0.2, 0) is 11.3 Å². The van der Waals surface area contributed by atoms with E-state index in [1.807, 2.05) is 0 Å². The Morgan fingerprint density at radius 3 is 2.39 bits per heavy atom. The maximum absolute atomic E-state index is 12.8. The number of methoxy groups -OCH3 is 2. The van der Waals surface area contributed by atoms with Crippen LogP contribution < -0.4 is 25.7 Å². The van der Waals surface area contributed by atoms with E-state index in [1.165, 1.54) is 25.1 Å². The van der Waals surface area contributed by atoms with Crippen LogP contribution in [0.4, 0.5) is 0 Å². The molecule has 2 N–H and O–H groups in total. The zero-order valence-electron chi connectivity index (χ0n) is 18.4. The fourth-order valence-corrected chi connectivity index (χ4v) is 3.35. The smallest absolute Gasteiger partial charge is 0.261 e. The summed E-state index contributed by atoms with van der Waals surface area (Å²) in [5.41, 5.74) is 0.787. The Bertz CT molecular complexity index is 1190. The van der Waals surface area contributed by atoms with Crippen molar-refractivity contribution in [2.45, 2.75) is 19.4 Å². The van der Waals surface area contributed by atoms with Gasteiger partial charge in [-0.2, -0.15) is 0 Å². The fraction of sp³-hybridized carbons (Fsp3) is 0.304. The van der Waals surface area contributed by atoms with Crippen molar-refractivity contribution in [1.29, 1.82) is 0 Å². The highest BCUT2D eigenvalue weighted by Crippen LogP contribution is 2.29. The number of ether oxygens (including phenoxy) is 2. The van der Waals surface area contributed by atoms with Gasteiger partial charge >= 0.3 is 0 Å². The number of benzene rings is 2. The Morgan fingerprint density at radius 2 is 1.70 bits per heavy atom. The molecule has 0 aliphatic heterocycles. The van der Waals surface area contributed by atoms with Gasteiger partial charge in [-0.25, -0.2) is 4.98 Å². The van der Waals surface area contributed by atoms with Gasteiger partial charge in [-0.05, 0) is 36.8 Å². The number of halogens is 1. The molecule has 33 heavy (non-hydrogen) atoms. The topological polar surface area (TPSA) is 112 Å². The van der Waals surface area contributed by atoms with Gasteiger partial charge in [-0.15, -0.1) is 0 Å². The van der Waals surface area contributed by atoms with Crippen molar-refractivity contribution in [2.24, 2.45) is 0 Å². The van der Waals surface area contributed by atoms with E-state index in [1.54, 1.807) is 36.4 Å². The molecular weight excluding hydrogens is 448 g/mol.